The third-order valence-corrected chi connectivity index (χ3v) is 9.06. The van der Waals surface area contributed by atoms with Crippen molar-refractivity contribution in [3.63, 3.8) is 0 Å². The van der Waals surface area contributed by atoms with Gasteiger partial charge in [-0.2, -0.15) is 0 Å². The van der Waals surface area contributed by atoms with Gasteiger partial charge in [-0.25, -0.2) is 0 Å². The number of nitrogens with zero attached hydrogens (tertiary/aromatic N) is 1. The lowest BCUT2D eigenvalue weighted by Crippen LogP contribution is -2.48. The molecule has 1 amide bonds. The highest BCUT2D eigenvalue weighted by atomic mass is 16.5. The first kappa shape index (κ1) is 34.2. The molecule has 4 rings (SSSR count). The molecule has 2 unspecified atom stereocenters. The van der Waals surface area contributed by atoms with E-state index in [0.29, 0.717) is 24.1 Å². The Balaban J connectivity index is 0.000000281. The largest absolute Gasteiger partial charge is 0.504 e. The van der Waals surface area contributed by atoms with Gasteiger partial charge in [0.05, 0.1) is 20.3 Å². The van der Waals surface area contributed by atoms with E-state index in [1.165, 1.54) is 45.6 Å². The van der Waals surface area contributed by atoms with Gasteiger partial charge in [0.15, 0.2) is 11.5 Å². The minimum Gasteiger partial charge on any atom is -0.504 e. The van der Waals surface area contributed by atoms with E-state index in [1.807, 2.05) is 0 Å². The Morgan fingerprint density at radius 3 is 2.45 bits per heavy atom. The molecule has 6 nitrogen and oxygen atoms in total. The van der Waals surface area contributed by atoms with Gasteiger partial charge in [-0.05, 0) is 73.7 Å². The van der Waals surface area contributed by atoms with E-state index in [4.69, 9.17) is 9.47 Å². The summed E-state index contributed by atoms with van der Waals surface area (Å²) in [6.45, 7) is 17.1. The van der Waals surface area contributed by atoms with Crippen LogP contribution in [-0.4, -0.2) is 55.9 Å². The predicted octanol–water partition coefficient (Wildman–Crippen LogP) is 7.49. The van der Waals surface area contributed by atoms with E-state index < -0.39 is 0 Å². The summed E-state index contributed by atoms with van der Waals surface area (Å²) in [6.07, 6.45) is 14.1. The number of carbonyl (C=O) groups is 1. The molecule has 3 aliphatic rings. The van der Waals surface area contributed by atoms with Crippen molar-refractivity contribution in [2.45, 2.75) is 105 Å². The van der Waals surface area contributed by atoms with Crippen LogP contribution in [0.3, 0.4) is 0 Å². The number of nitrogens with one attached hydrogen (secondary N) is 1. The number of likely N-dealkylation sites (N-methyl/N-ethyl adjacent to an activating group) is 1. The average Bonchev–Trinajstić information content (AvgIpc) is 2.96. The molecule has 228 valence electrons. The average molecular weight is 559 g/mol. The fourth-order valence-corrected chi connectivity index (χ4v) is 5.97. The molecule has 1 fully saturated rings. The first-order chi connectivity index (χ1) is 19.3. The van der Waals surface area contributed by atoms with Gasteiger partial charge in [-0.3, -0.25) is 4.79 Å². The molecule has 0 radical (unpaired) electrons. The number of carbonyl (C=O) groups excluding carboxylic acids is 1. The number of methoxy groups -OCH3 is 1. The zero-order chi connectivity index (χ0) is 29.4. The number of aromatic hydroxyl groups is 1. The van der Waals surface area contributed by atoms with E-state index in [2.05, 4.69) is 50.9 Å². The fraction of sp³-hybridized carbons (Fsp3) is 0.735. The highest BCUT2D eigenvalue weighted by Gasteiger charge is 2.50. The van der Waals surface area contributed by atoms with Gasteiger partial charge in [-0.15, -0.1) is 0 Å². The van der Waals surface area contributed by atoms with Crippen LogP contribution in [0.25, 0.3) is 0 Å². The lowest BCUT2D eigenvalue weighted by Gasteiger charge is -2.56. The number of fused-ring (bicyclic) bond motifs is 1. The van der Waals surface area contributed by atoms with E-state index in [1.54, 1.807) is 23.8 Å². The number of amides is 1. The van der Waals surface area contributed by atoms with E-state index in [-0.39, 0.29) is 11.7 Å². The maximum atomic E-state index is 11.7. The van der Waals surface area contributed by atoms with Gasteiger partial charge < -0.3 is 24.8 Å². The van der Waals surface area contributed by atoms with Crippen LogP contribution < -0.4 is 10.1 Å². The van der Waals surface area contributed by atoms with Crippen molar-refractivity contribution in [3.05, 3.63) is 35.4 Å². The molecule has 1 aromatic carbocycles. The molecule has 3 aliphatic carbocycles. The standard InChI is InChI=1S/C17H27NO3.C17H31NO/c1-3-4-5-6-7-8-9-17(20)18-13-14-10-11-15(19)16(12-14)21-2;1-5-18(6-2)10-12-19-11-9-14-7-8-15-13-16(14)17(15,3)4/h10-12,19H,3-9,13H2,1-2H3,(H,18,20);7,15-16H,5-6,8-13H2,1-4H3. The minimum atomic E-state index is 0.0810. The SMILES string of the molecule is CCCCCCCCC(=O)NCc1ccc(O)c(OC)c1.CCN(CC)CCOCCC1=CCC2CC1C2(C)C. The molecule has 2 N–H and O–H groups in total. The lowest BCUT2D eigenvalue weighted by atomic mass is 9.48. The van der Waals surface area contributed by atoms with Crippen LogP contribution in [0.5, 0.6) is 11.5 Å². The Morgan fingerprint density at radius 2 is 1.80 bits per heavy atom. The number of phenols is 1. The second kappa shape index (κ2) is 18.4. The third kappa shape index (κ3) is 11.1. The Bertz CT molecular complexity index is 894. The van der Waals surface area contributed by atoms with Crippen molar-refractivity contribution in [1.29, 1.82) is 0 Å². The molecular weight excluding hydrogens is 500 g/mol. The Morgan fingerprint density at radius 1 is 1.07 bits per heavy atom. The molecule has 1 aromatic rings. The Labute approximate surface area is 244 Å². The second-order valence-electron chi connectivity index (χ2n) is 12.0. The molecular formula is C34H58N2O4. The van der Waals surface area contributed by atoms with Crippen molar-refractivity contribution in [3.8, 4) is 11.5 Å². The minimum absolute atomic E-state index is 0.0810. The summed E-state index contributed by atoms with van der Waals surface area (Å²) in [5.41, 5.74) is 3.15. The zero-order valence-electron chi connectivity index (χ0n) is 26.4. The molecule has 0 heterocycles. The maximum absolute atomic E-state index is 11.7. The van der Waals surface area contributed by atoms with Crippen LogP contribution in [0.1, 0.15) is 104 Å². The van der Waals surface area contributed by atoms with Crippen molar-refractivity contribution in [1.82, 2.24) is 10.2 Å². The van der Waals surface area contributed by atoms with Crippen LogP contribution in [0.2, 0.25) is 0 Å². The number of benzene rings is 1. The topological polar surface area (TPSA) is 71.0 Å². The van der Waals surface area contributed by atoms with E-state index in [9.17, 15) is 9.90 Å². The first-order valence-corrected chi connectivity index (χ1v) is 15.9. The molecule has 0 spiro atoms. The smallest absolute Gasteiger partial charge is 0.220 e. The third-order valence-electron chi connectivity index (χ3n) is 9.06. The number of rotatable bonds is 18. The van der Waals surface area contributed by atoms with Crippen molar-refractivity contribution in [2.24, 2.45) is 17.3 Å². The summed E-state index contributed by atoms with van der Waals surface area (Å²) < 4.78 is 10.9. The highest BCUT2D eigenvalue weighted by molar-refractivity contribution is 5.75. The van der Waals surface area contributed by atoms with Crippen molar-refractivity contribution < 1.29 is 19.4 Å². The first-order valence-electron chi connectivity index (χ1n) is 15.9. The molecule has 0 aromatic heterocycles. The van der Waals surface area contributed by atoms with Crippen LogP contribution in [0.15, 0.2) is 29.8 Å². The van der Waals surface area contributed by atoms with Gasteiger partial charge in [0.2, 0.25) is 5.91 Å². The summed E-state index contributed by atoms with van der Waals surface area (Å²) in [5.74, 6) is 2.41. The quantitative estimate of drug-likeness (QED) is 0.144. The maximum Gasteiger partial charge on any atom is 0.220 e. The molecule has 1 saturated carbocycles. The van der Waals surface area contributed by atoms with E-state index in [0.717, 1.165) is 69.5 Å². The Hall–Kier alpha value is -2.05. The van der Waals surface area contributed by atoms with Crippen molar-refractivity contribution in [2.75, 3.05) is 40.0 Å². The Kier molecular flexibility index (Phi) is 15.7. The summed E-state index contributed by atoms with van der Waals surface area (Å²) in [4.78, 5) is 14.2. The molecule has 0 aliphatic heterocycles. The van der Waals surface area contributed by atoms with Gasteiger partial charge in [0, 0.05) is 19.5 Å². The summed E-state index contributed by atoms with van der Waals surface area (Å²) in [6, 6.07) is 5.09. The molecule has 2 atom stereocenters. The van der Waals surface area contributed by atoms with Gasteiger partial charge in [0.25, 0.3) is 0 Å². The number of unbranched alkanes of at least 4 members (excludes halogenated alkanes) is 5. The summed E-state index contributed by atoms with van der Waals surface area (Å²) >= 11 is 0. The lowest BCUT2D eigenvalue weighted by molar-refractivity contribution is -0.121. The zero-order valence-corrected chi connectivity index (χ0v) is 26.4. The molecule has 2 bridgehead atoms. The van der Waals surface area contributed by atoms with Crippen LogP contribution in [0, 0.1) is 17.3 Å². The number of allylic oxidation sites excluding steroid dienone is 1. The summed E-state index contributed by atoms with van der Waals surface area (Å²) in [5, 5.41) is 12.4. The van der Waals surface area contributed by atoms with Crippen molar-refractivity contribution >= 4 is 5.91 Å². The number of ether oxygens (including phenoxy) is 2. The molecule has 0 saturated heterocycles. The molecule has 40 heavy (non-hydrogen) atoms. The van der Waals surface area contributed by atoms with Crippen LogP contribution >= 0.6 is 0 Å². The van der Waals surface area contributed by atoms with Crippen LogP contribution in [0.4, 0.5) is 0 Å². The van der Waals surface area contributed by atoms with Crippen LogP contribution in [-0.2, 0) is 16.1 Å². The summed E-state index contributed by atoms with van der Waals surface area (Å²) in [7, 11) is 1.51. The van der Waals surface area contributed by atoms with Gasteiger partial charge >= 0.3 is 0 Å². The monoisotopic (exact) mass is 558 g/mol. The van der Waals surface area contributed by atoms with E-state index >= 15 is 0 Å². The number of phenolic OH excluding ortho intramolecular Hbond substituents is 1. The normalized spacial score (nSPS) is 18.8. The molecule has 6 heteroatoms. The highest BCUT2D eigenvalue weighted by Crippen LogP contribution is 2.59. The number of hydrogen-bond acceptors (Lipinski definition) is 5. The fourth-order valence-electron chi connectivity index (χ4n) is 5.97. The second-order valence-corrected chi connectivity index (χ2v) is 12.0. The van der Waals surface area contributed by atoms with Gasteiger partial charge in [0.1, 0.15) is 0 Å². The van der Waals surface area contributed by atoms with Gasteiger partial charge in [-0.1, -0.05) is 84.4 Å². The predicted molar refractivity (Wildman–Crippen MR) is 166 cm³/mol. The number of hydrogen-bond donors (Lipinski definition) is 2.